The summed E-state index contributed by atoms with van der Waals surface area (Å²) < 4.78 is 5.18. The first kappa shape index (κ1) is 20.6. The summed E-state index contributed by atoms with van der Waals surface area (Å²) in [5.41, 5.74) is 0.0166. The molecule has 3 amide bonds. The third kappa shape index (κ3) is 2.89. The van der Waals surface area contributed by atoms with Crippen LogP contribution in [-0.4, -0.2) is 35.2 Å². The molecule has 0 saturated heterocycles. The minimum absolute atomic E-state index is 0.106. The van der Waals surface area contributed by atoms with Crippen LogP contribution < -0.4 is 4.90 Å². The largest absolute Gasteiger partial charge is 0.466 e. The van der Waals surface area contributed by atoms with E-state index in [4.69, 9.17) is 4.74 Å². The number of ether oxygens (including phenoxy) is 1. The number of carbonyl (C=O) groups is 4. The van der Waals surface area contributed by atoms with E-state index in [9.17, 15) is 19.2 Å². The maximum atomic E-state index is 14.2. The molecule has 7 nitrogen and oxygen atoms in total. The maximum Gasteiger partial charge on any atom is 0.309 e. The van der Waals surface area contributed by atoms with Gasteiger partial charge < -0.3 is 4.74 Å². The number of benzene rings is 3. The normalized spacial score (nSPS) is 19.0. The fourth-order valence-electron chi connectivity index (χ4n) is 4.68. The Labute approximate surface area is 190 Å². The van der Waals surface area contributed by atoms with Crippen LogP contribution in [0.25, 0.3) is 0 Å². The van der Waals surface area contributed by atoms with Crippen LogP contribution in [0.2, 0.25) is 0 Å². The Morgan fingerprint density at radius 2 is 1.39 bits per heavy atom. The highest BCUT2D eigenvalue weighted by molar-refractivity contribution is 6.26. The van der Waals surface area contributed by atoms with Crippen molar-refractivity contribution in [1.29, 1.82) is 0 Å². The number of esters is 1. The molecule has 5 rings (SSSR count). The summed E-state index contributed by atoms with van der Waals surface area (Å²) in [6.45, 7) is 1.77. The number of hydrogen-bond acceptors (Lipinski definition) is 5. The second-order valence-electron chi connectivity index (χ2n) is 7.83. The lowest BCUT2D eigenvalue weighted by Crippen LogP contribution is -2.56. The molecular formula is C26H20N2O5. The lowest BCUT2D eigenvalue weighted by atomic mass is 9.85. The second-order valence-corrected chi connectivity index (χ2v) is 7.83. The van der Waals surface area contributed by atoms with Gasteiger partial charge in [0.1, 0.15) is 0 Å². The lowest BCUT2D eigenvalue weighted by Gasteiger charge is -2.35. The minimum atomic E-state index is -1.87. The molecule has 0 N–H and O–H groups in total. The van der Waals surface area contributed by atoms with Gasteiger partial charge in [-0.05, 0) is 37.3 Å². The van der Waals surface area contributed by atoms with E-state index >= 15 is 0 Å². The van der Waals surface area contributed by atoms with Gasteiger partial charge in [-0.15, -0.1) is 0 Å². The van der Waals surface area contributed by atoms with Crippen molar-refractivity contribution in [3.63, 3.8) is 0 Å². The van der Waals surface area contributed by atoms with Crippen molar-refractivity contribution in [1.82, 2.24) is 4.90 Å². The van der Waals surface area contributed by atoms with Gasteiger partial charge in [-0.1, -0.05) is 48.5 Å². The van der Waals surface area contributed by atoms with Gasteiger partial charge in [0.15, 0.2) is 5.54 Å². The van der Waals surface area contributed by atoms with E-state index < -0.39 is 35.7 Å². The van der Waals surface area contributed by atoms with Gasteiger partial charge in [-0.3, -0.25) is 29.0 Å². The van der Waals surface area contributed by atoms with Crippen molar-refractivity contribution in [3.8, 4) is 0 Å². The number of hydrogen-bond donors (Lipinski definition) is 0. The predicted octanol–water partition coefficient (Wildman–Crippen LogP) is 3.81. The molecule has 3 aromatic rings. The van der Waals surface area contributed by atoms with Crippen LogP contribution >= 0.6 is 0 Å². The van der Waals surface area contributed by atoms with Gasteiger partial charge in [0.05, 0.1) is 29.8 Å². The molecular weight excluding hydrogens is 420 g/mol. The predicted molar refractivity (Wildman–Crippen MR) is 120 cm³/mol. The zero-order valence-corrected chi connectivity index (χ0v) is 17.9. The van der Waals surface area contributed by atoms with Crippen molar-refractivity contribution >= 4 is 35.1 Å². The summed E-state index contributed by atoms with van der Waals surface area (Å²) in [5.74, 6) is -2.46. The number of carbonyl (C=O) groups excluding carboxylic acids is 4. The van der Waals surface area contributed by atoms with Crippen LogP contribution in [0.5, 0.6) is 0 Å². The third-order valence-corrected chi connectivity index (χ3v) is 6.04. The fraction of sp³-hybridized carbons (Fsp3) is 0.154. The van der Waals surface area contributed by atoms with E-state index in [1.54, 1.807) is 79.7 Å². The molecule has 7 heteroatoms. The van der Waals surface area contributed by atoms with Crippen LogP contribution in [-0.2, 0) is 19.9 Å². The molecule has 2 aliphatic heterocycles. The lowest BCUT2D eigenvalue weighted by molar-refractivity contribution is -0.148. The van der Waals surface area contributed by atoms with E-state index in [-0.39, 0.29) is 17.7 Å². The molecule has 0 fully saturated rings. The highest BCUT2D eigenvalue weighted by Gasteiger charge is 2.62. The highest BCUT2D eigenvalue weighted by Crippen LogP contribution is 2.51. The summed E-state index contributed by atoms with van der Waals surface area (Å²) in [7, 11) is 0. The Balaban J connectivity index is 1.76. The number of anilines is 2. The molecule has 0 saturated carbocycles. The van der Waals surface area contributed by atoms with E-state index in [2.05, 4.69) is 0 Å². The average Bonchev–Trinajstić information content (AvgIpc) is 3.23. The van der Waals surface area contributed by atoms with Crippen molar-refractivity contribution in [3.05, 3.63) is 95.6 Å². The topological polar surface area (TPSA) is 84.0 Å². The van der Waals surface area contributed by atoms with Crippen LogP contribution in [0, 0.1) is 0 Å². The summed E-state index contributed by atoms with van der Waals surface area (Å²) in [6.07, 6.45) is -0.481. The smallest absolute Gasteiger partial charge is 0.309 e. The molecule has 33 heavy (non-hydrogen) atoms. The zero-order chi connectivity index (χ0) is 23.2. The van der Waals surface area contributed by atoms with Crippen LogP contribution in [0.1, 0.15) is 39.6 Å². The SMILES string of the molecule is CCOC(=O)CC1(N2C(=O)c3ccccc3C2=O)C(=O)N(c2ccccc2)c2ccccc21. The Kier molecular flexibility index (Phi) is 4.82. The summed E-state index contributed by atoms with van der Waals surface area (Å²) in [6, 6.07) is 22.3. The van der Waals surface area contributed by atoms with Gasteiger partial charge in [-0.2, -0.15) is 0 Å². The minimum Gasteiger partial charge on any atom is -0.466 e. The first-order chi connectivity index (χ1) is 16.0. The monoisotopic (exact) mass is 440 g/mol. The zero-order valence-electron chi connectivity index (χ0n) is 17.9. The summed E-state index contributed by atoms with van der Waals surface area (Å²) in [5, 5.41) is 0. The fourth-order valence-corrected chi connectivity index (χ4v) is 4.68. The molecule has 3 aromatic carbocycles. The van der Waals surface area contributed by atoms with E-state index in [1.165, 1.54) is 4.90 Å². The quantitative estimate of drug-likeness (QED) is 0.445. The van der Waals surface area contributed by atoms with E-state index in [0.717, 1.165) is 4.90 Å². The van der Waals surface area contributed by atoms with Crippen LogP contribution in [0.15, 0.2) is 78.9 Å². The number of fused-ring (bicyclic) bond motifs is 2. The molecule has 164 valence electrons. The molecule has 0 radical (unpaired) electrons. The summed E-state index contributed by atoms with van der Waals surface area (Å²) in [4.78, 5) is 56.5. The van der Waals surface area contributed by atoms with Gasteiger partial charge in [0.25, 0.3) is 17.7 Å². The van der Waals surface area contributed by atoms with Crippen LogP contribution in [0.3, 0.4) is 0 Å². The van der Waals surface area contributed by atoms with Crippen molar-refractivity contribution in [2.24, 2.45) is 0 Å². The Hall–Kier alpha value is -4.26. The number of rotatable bonds is 5. The van der Waals surface area contributed by atoms with Crippen molar-refractivity contribution < 1.29 is 23.9 Å². The molecule has 1 unspecified atom stereocenters. The standard InChI is InChI=1S/C26H20N2O5/c1-2-33-22(29)16-26(28-23(30)18-12-6-7-13-19(18)24(28)31)20-14-8-9-15-21(20)27(25(26)32)17-10-4-3-5-11-17/h3-15H,2,16H2,1H3. The molecule has 1 atom stereocenters. The summed E-state index contributed by atoms with van der Waals surface area (Å²) >= 11 is 0. The van der Waals surface area contributed by atoms with Gasteiger partial charge in [0, 0.05) is 11.3 Å². The Bertz CT molecular complexity index is 1270. The molecule has 2 heterocycles. The van der Waals surface area contributed by atoms with Gasteiger partial charge >= 0.3 is 5.97 Å². The Morgan fingerprint density at radius 1 is 0.818 bits per heavy atom. The first-order valence-electron chi connectivity index (χ1n) is 10.6. The van der Waals surface area contributed by atoms with Gasteiger partial charge in [-0.25, -0.2) is 0 Å². The van der Waals surface area contributed by atoms with Gasteiger partial charge in [0.2, 0.25) is 0 Å². The molecule has 2 aliphatic rings. The Morgan fingerprint density at radius 3 is 2.03 bits per heavy atom. The number of amides is 3. The molecule has 0 aliphatic carbocycles. The number of para-hydroxylation sites is 2. The van der Waals surface area contributed by atoms with E-state index in [0.29, 0.717) is 16.9 Å². The molecule has 0 spiro atoms. The molecule has 0 aromatic heterocycles. The number of nitrogens with zero attached hydrogens (tertiary/aromatic N) is 2. The second kappa shape index (κ2) is 7.70. The number of imide groups is 1. The maximum absolute atomic E-state index is 14.2. The van der Waals surface area contributed by atoms with E-state index in [1.807, 2.05) is 6.07 Å². The third-order valence-electron chi connectivity index (χ3n) is 6.04. The first-order valence-corrected chi connectivity index (χ1v) is 10.6. The van der Waals surface area contributed by atoms with Crippen molar-refractivity contribution in [2.75, 3.05) is 11.5 Å². The van der Waals surface area contributed by atoms with Crippen molar-refractivity contribution in [2.45, 2.75) is 18.9 Å². The van der Waals surface area contributed by atoms with Crippen LogP contribution in [0.4, 0.5) is 11.4 Å². The average molecular weight is 440 g/mol. The highest BCUT2D eigenvalue weighted by atomic mass is 16.5. The molecule has 0 bridgehead atoms.